The number of ether oxygens (including phenoxy) is 2. The summed E-state index contributed by atoms with van der Waals surface area (Å²) in [5.41, 5.74) is 1.13. The Balaban J connectivity index is 1.78. The minimum absolute atomic E-state index is 0.201. The number of carbonyl (C=O) groups is 3. The van der Waals surface area contributed by atoms with E-state index in [1.54, 1.807) is 29.2 Å². The number of amides is 3. The lowest BCUT2D eigenvalue weighted by Gasteiger charge is -2.30. The van der Waals surface area contributed by atoms with Crippen LogP contribution in [0.15, 0.2) is 54.6 Å². The van der Waals surface area contributed by atoms with Gasteiger partial charge in [-0.25, -0.2) is 4.79 Å². The number of hydrogen-bond acceptors (Lipinski definition) is 7. The van der Waals surface area contributed by atoms with Crippen LogP contribution < -0.4 is 0 Å². The second-order valence-electron chi connectivity index (χ2n) is 9.37. The average Bonchev–Trinajstić information content (AvgIpc) is 3.06. The van der Waals surface area contributed by atoms with Gasteiger partial charge < -0.3 is 14.4 Å². The van der Waals surface area contributed by atoms with Crippen LogP contribution >= 0.6 is 24.0 Å². The molecule has 1 aliphatic heterocycles. The fourth-order valence-corrected chi connectivity index (χ4v) is 5.23. The largest absolute Gasteiger partial charge is 0.479 e. The van der Waals surface area contributed by atoms with E-state index in [0.29, 0.717) is 41.6 Å². The molecule has 3 rings (SSSR count). The molecule has 0 aliphatic carbocycles. The van der Waals surface area contributed by atoms with E-state index in [0.717, 1.165) is 5.56 Å². The smallest absolute Gasteiger partial charge is 0.410 e. The molecule has 0 saturated carbocycles. The topological polar surface area (TPSA) is 76.2 Å². The van der Waals surface area contributed by atoms with Crippen molar-refractivity contribution < 1.29 is 23.9 Å². The van der Waals surface area contributed by atoms with Gasteiger partial charge in [-0.3, -0.25) is 14.5 Å². The van der Waals surface area contributed by atoms with Crippen molar-refractivity contribution >= 4 is 46.3 Å². The predicted octanol–water partition coefficient (Wildman–Crippen LogP) is 5.53. The molecule has 0 saturated heterocycles. The van der Waals surface area contributed by atoms with Crippen molar-refractivity contribution in [3.8, 4) is 0 Å². The fraction of sp³-hybridized carbons (Fsp3) is 0.407. The van der Waals surface area contributed by atoms with Gasteiger partial charge in [-0.05, 0) is 64.0 Å². The third-order valence-electron chi connectivity index (χ3n) is 5.37. The summed E-state index contributed by atoms with van der Waals surface area (Å²) < 4.78 is 11.5. The first kappa shape index (κ1) is 27.7. The van der Waals surface area contributed by atoms with Crippen molar-refractivity contribution in [1.29, 1.82) is 0 Å². The highest BCUT2D eigenvalue weighted by Crippen LogP contribution is 2.26. The highest BCUT2D eigenvalue weighted by atomic mass is 32.2. The number of nitrogens with zero attached hydrogens (tertiary/aromatic N) is 2. The Morgan fingerprint density at radius 3 is 2.17 bits per heavy atom. The molecule has 2 aromatic rings. The molecule has 1 unspecified atom stereocenters. The van der Waals surface area contributed by atoms with Gasteiger partial charge in [0.25, 0.3) is 11.8 Å². The van der Waals surface area contributed by atoms with Crippen LogP contribution in [0, 0.1) is 0 Å². The van der Waals surface area contributed by atoms with Crippen molar-refractivity contribution in [2.45, 2.75) is 51.5 Å². The molecule has 0 N–H and O–H groups in total. The van der Waals surface area contributed by atoms with Gasteiger partial charge in [0.1, 0.15) is 5.60 Å². The summed E-state index contributed by atoms with van der Waals surface area (Å²) >= 11 is 6.70. The molecule has 1 aliphatic rings. The van der Waals surface area contributed by atoms with Crippen molar-refractivity contribution in [2.24, 2.45) is 0 Å². The number of carbonyl (C=O) groups excluding carboxylic acids is 3. The number of imide groups is 1. The van der Waals surface area contributed by atoms with Gasteiger partial charge >= 0.3 is 6.09 Å². The SMILES string of the molecule is CCOC(=S)SC(CCN1C(=O)c2ccccc2C1=O)CN(Cc1ccccc1)C(=O)OC(C)(C)C. The summed E-state index contributed by atoms with van der Waals surface area (Å²) in [7, 11) is 0. The lowest BCUT2D eigenvalue weighted by Crippen LogP contribution is -2.41. The normalized spacial score (nSPS) is 13.8. The van der Waals surface area contributed by atoms with Gasteiger partial charge in [-0.1, -0.05) is 54.2 Å². The number of benzene rings is 2. The first-order valence-electron chi connectivity index (χ1n) is 11.9. The molecular weight excluding hydrogens is 496 g/mol. The average molecular weight is 529 g/mol. The number of fused-ring (bicyclic) bond motifs is 1. The predicted molar refractivity (Wildman–Crippen MR) is 145 cm³/mol. The van der Waals surface area contributed by atoms with Crippen molar-refractivity contribution in [1.82, 2.24) is 9.80 Å². The summed E-state index contributed by atoms with van der Waals surface area (Å²) in [6, 6.07) is 16.5. The second kappa shape index (κ2) is 12.4. The standard InChI is InChI=1S/C27H32N2O5S2/c1-5-33-26(35)36-20(15-16-29-23(30)21-13-9-10-14-22(21)24(29)31)18-28(25(32)34-27(2,3)4)17-19-11-7-6-8-12-19/h6-14,20H,5,15-18H2,1-4H3. The fourth-order valence-electron chi connectivity index (χ4n) is 3.77. The maximum absolute atomic E-state index is 13.1. The molecule has 0 radical (unpaired) electrons. The lowest BCUT2D eigenvalue weighted by atomic mass is 10.1. The molecule has 36 heavy (non-hydrogen) atoms. The van der Waals surface area contributed by atoms with Gasteiger partial charge in [-0.2, -0.15) is 0 Å². The minimum Gasteiger partial charge on any atom is -0.479 e. The van der Waals surface area contributed by atoms with E-state index in [-0.39, 0.29) is 23.6 Å². The Hall–Kier alpha value is -2.91. The van der Waals surface area contributed by atoms with Gasteiger partial charge in [0.05, 0.1) is 17.7 Å². The highest BCUT2D eigenvalue weighted by Gasteiger charge is 2.35. The molecule has 3 amide bonds. The summed E-state index contributed by atoms with van der Waals surface area (Å²) in [5, 5.41) is -0.232. The Morgan fingerprint density at radius 2 is 1.61 bits per heavy atom. The van der Waals surface area contributed by atoms with Gasteiger partial charge in [0.2, 0.25) is 4.38 Å². The minimum atomic E-state index is -0.657. The monoisotopic (exact) mass is 528 g/mol. The number of thioether (sulfide) groups is 1. The molecule has 1 atom stereocenters. The molecule has 7 nitrogen and oxygen atoms in total. The summed E-state index contributed by atoms with van der Waals surface area (Å²) in [4.78, 5) is 41.7. The Labute approximate surface area is 222 Å². The molecular formula is C27H32N2O5S2. The summed E-state index contributed by atoms with van der Waals surface area (Å²) in [5.74, 6) is -0.611. The maximum atomic E-state index is 13.1. The first-order chi connectivity index (χ1) is 17.1. The van der Waals surface area contributed by atoms with Crippen molar-refractivity contribution in [2.75, 3.05) is 19.7 Å². The summed E-state index contributed by atoms with van der Waals surface area (Å²) in [6.07, 6.45) is -0.0164. The highest BCUT2D eigenvalue weighted by molar-refractivity contribution is 8.23. The van der Waals surface area contributed by atoms with Crippen LogP contribution in [0.25, 0.3) is 0 Å². The van der Waals surface area contributed by atoms with Crippen LogP contribution in [0.1, 0.15) is 60.4 Å². The van der Waals surface area contributed by atoms with E-state index in [1.165, 1.54) is 16.7 Å². The molecule has 0 fully saturated rings. The van der Waals surface area contributed by atoms with Crippen LogP contribution in [-0.4, -0.2) is 62.6 Å². The van der Waals surface area contributed by atoms with E-state index in [1.807, 2.05) is 58.0 Å². The van der Waals surface area contributed by atoms with Gasteiger partial charge in [-0.15, -0.1) is 0 Å². The molecule has 9 heteroatoms. The Morgan fingerprint density at radius 1 is 1.03 bits per heavy atom. The van der Waals surface area contributed by atoms with E-state index in [2.05, 4.69) is 0 Å². The van der Waals surface area contributed by atoms with Crippen LogP contribution in [0.2, 0.25) is 0 Å². The first-order valence-corrected chi connectivity index (χ1v) is 13.2. The molecule has 1 heterocycles. The van der Waals surface area contributed by atoms with Crippen LogP contribution in [-0.2, 0) is 16.0 Å². The third-order valence-corrected chi connectivity index (χ3v) is 6.80. The molecule has 0 spiro atoms. The number of hydrogen-bond donors (Lipinski definition) is 0. The van der Waals surface area contributed by atoms with Crippen molar-refractivity contribution in [3.05, 3.63) is 71.3 Å². The van der Waals surface area contributed by atoms with Crippen molar-refractivity contribution in [3.63, 3.8) is 0 Å². The molecule has 192 valence electrons. The van der Waals surface area contributed by atoms with Gasteiger partial charge in [0.15, 0.2) is 0 Å². The summed E-state index contributed by atoms with van der Waals surface area (Å²) in [6.45, 7) is 8.59. The van der Waals surface area contributed by atoms with E-state index >= 15 is 0 Å². The van der Waals surface area contributed by atoms with E-state index in [4.69, 9.17) is 21.7 Å². The van der Waals surface area contributed by atoms with Crippen LogP contribution in [0.3, 0.4) is 0 Å². The maximum Gasteiger partial charge on any atom is 0.410 e. The van der Waals surface area contributed by atoms with Gasteiger partial charge in [0, 0.05) is 24.9 Å². The Kier molecular flexibility index (Phi) is 9.50. The van der Waals surface area contributed by atoms with Crippen LogP contribution in [0.5, 0.6) is 0 Å². The zero-order chi connectivity index (χ0) is 26.3. The van der Waals surface area contributed by atoms with E-state index in [9.17, 15) is 14.4 Å². The second-order valence-corrected chi connectivity index (χ2v) is 11.3. The lowest BCUT2D eigenvalue weighted by molar-refractivity contribution is 0.0230. The number of rotatable bonds is 9. The molecule has 0 aromatic heterocycles. The molecule has 0 bridgehead atoms. The van der Waals surface area contributed by atoms with Crippen LogP contribution in [0.4, 0.5) is 4.79 Å². The third kappa shape index (κ3) is 7.54. The zero-order valence-electron chi connectivity index (χ0n) is 21.1. The van der Waals surface area contributed by atoms with E-state index < -0.39 is 11.7 Å². The quantitative estimate of drug-likeness (QED) is 0.313. The Bertz CT molecular complexity index is 1070. The zero-order valence-corrected chi connectivity index (χ0v) is 22.7. The number of thiocarbonyl (C=S) groups is 1. The molecule has 2 aromatic carbocycles.